The Hall–Kier alpha value is -2.36. The van der Waals surface area contributed by atoms with Crippen molar-refractivity contribution < 1.29 is 26.7 Å². The lowest BCUT2D eigenvalue weighted by Crippen LogP contribution is -2.44. The number of ketones is 1. The van der Waals surface area contributed by atoms with Gasteiger partial charge < -0.3 is 4.74 Å². The maximum atomic E-state index is 13.9. The molecule has 162 valence electrons. The molecule has 1 unspecified atom stereocenters. The maximum absolute atomic E-state index is 13.9. The summed E-state index contributed by atoms with van der Waals surface area (Å²) in [6.45, 7) is 3.25. The van der Waals surface area contributed by atoms with E-state index in [1.807, 2.05) is 4.90 Å². The summed E-state index contributed by atoms with van der Waals surface area (Å²) in [4.78, 5) is 12.7. The SMILES string of the molecule is CC(=O)c1ccc(OCCCN2CCCC2NS(=O)(=O)c2ccc(F)cc2F)cc1. The molecule has 1 saturated heterocycles. The van der Waals surface area contributed by atoms with Crippen molar-refractivity contribution in [3.63, 3.8) is 0 Å². The third-order valence-electron chi connectivity index (χ3n) is 4.96. The number of carbonyl (C=O) groups excluding carboxylic acids is 1. The fraction of sp³-hybridized carbons (Fsp3) is 0.381. The van der Waals surface area contributed by atoms with Crippen LogP contribution >= 0.6 is 0 Å². The summed E-state index contributed by atoms with van der Waals surface area (Å²) in [5, 5.41) is 0. The molecule has 1 aliphatic heterocycles. The van der Waals surface area contributed by atoms with Crippen LogP contribution in [0.3, 0.4) is 0 Å². The van der Waals surface area contributed by atoms with Crippen molar-refractivity contribution in [2.45, 2.75) is 37.2 Å². The van der Waals surface area contributed by atoms with Crippen LogP contribution in [0.5, 0.6) is 5.75 Å². The summed E-state index contributed by atoms with van der Waals surface area (Å²) in [6.07, 6.45) is 1.63. The van der Waals surface area contributed by atoms with Gasteiger partial charge in [0.1, 0.15) is 22.3 Å². The third-order valence-corrected chi connectivity index (χ3v) is 6.45. The van der Waals surface area contributed by atoms with Gasteiger partial charge in [-0.3, -0.25) is 9.69 Å². The van der Waals surface area contributed by atoms with Gasteiger partial charge in [-0.2, -0.15) is 4.72 Å². The van der Waals surface area contributed by atoms with Crippen LogP contribution < -0.4 is 9.46 Å². The van der Waals surface area contributed by atoms with E-state index in [4.69, 9.17) is 4.74 Å². The Balaban J connectivity index is 1.51. The molecule has 0 spiro atoms. The Labute approximate surface area is 174 Å². The molecule has 2 aromatic carbocycles. The number of ether oxygens (including phenoxy) is 1. The van der Waals surface area contributed by atoms with Crippen LogP contribution in [-0.2, 0) is 10.0 Å². The van der Waals surface area contributed by atoms with E-state index in [0.29, 0.717) is 49.9 Å². The summed E-state index contributed by atoms with van der Waals surface area (Å²) in [5.74, 6) is -1.30. The molecule has 1 aliphatic rings. The van der Waals surface area contributed by atoms with Gasteiger partial charge in [0.25, 0.3) is 0 Å². The predicted molar refractivity (Wildman–Crippen MR) is 108 cm³/mol. The highest BCUT2D eigenvalue weighted by molar-refractivity contribution is 7.89. The molecule has 3 rings (SSSR count). The van der Waals surface area contributed by atoms with Crippen LogP contribution in [0.1, 0.15) is 36.5 Å². The fourth-order valence-corrected chi connectivity index (χ4v) is 4.72. The van der Waals surface area contributed by atoms with Crippen LogP contribution in [-0.4, -0.2) is 45.0 Å². The zero-order valence-electron chi connectivity index (χ0n) is 16.6. The quantitative estimate of drug-likeness (QED) is 0.480. The average molecular weight is 438 g/mol. The van der Waals surface area contributed by atoms with Crippen LogP contribution in [0.15, 0.2) is 47.4 Å². The van der Waals surface area contributed by atoms with E-state index < -0.39 is 32.7 Å². The minimum Gasteiger partial charge on any atom is -0.494 e. The number of benzene rings is 2. The lowest BCUT2D eigenvalue weighted by molar-refractivity contribution is 0.101. The van der Waals surface area contributed by atoms with E-state index in [9.17, 15) is 22.0 Å². The molecular formula is C21H24F2N2O4S. The Morgan fingerprint density at radius 3 is 2.60 bits per heavy atom. The minimum atomic E-state index is -4.10. The Morgan fingerprint density at radius 1 is 1.20 bits per heavy atom. The maximum Gasteiger partial charge on any atom is 0.244 e. The number of hydrogen-bond acceptors (Lipinski definition) is 5. The molecule has 1 atom stereocenters. The zero-order chi connectivity index (χ0) is 21.7. The molecule has 1 N–H and O–H groups in total. The molecule has 9 heteroatoms. The Bertz CT molecular complexity index is 997. The van der Waals surface area contributed by atoms with Crippen molar-refractivity contribution >= 4 is 15.8 Å². The summed E-state index contributed by atoms with van der Waals surface area (Å²) >= 11 is 0. The number of halogens is 2. The van der Waals surface area contributed by atoms with Gasteiger partial charge in [-0.15, -0.1) is 0 Å². The lowest BCUT2D eigenvalue weighted by atomic mass is 10.1. The first-order chi connectivity index (χ1) is 14.3. The monoisotopic (exact) mass is 438 g/mol. The van der Waals surface area contributed by atoms with Crippen LogP contribution in [0, 0.1) is 11.6 Å². The second-order valence-electron chi connectivity index (χ2n) is 7.17. The molecule has 2 aromatic rings. The molecule has 6 nitrogen and oxygen atoms in total. The van der Waals surface area contributed by atoms with Crippen LogP contribution in [0.2, 0.25) is 0 Å². The van der Waals surface area contributed by atoms with E-state index >= 15 is 0 Å². The zero-order valence-corrected chi connectivity index (χ0v) is 17.4. The topological polar surface area (TPSA) is 75.7 Å². The highest BCUT2D eigenvalue weighted by Gasteiger charge is 2.30. The van der Waals surface area contributed by atoms with Gasteiger partial charge >= 0.3 is 0 Å². The van der Waals surface area contributed by atoms with Crippen LogP contribution in [0.25, 0.3) is 0 Å². The highest BCUT2D eigenvalue weighted by Crippen LogP contribution is 2.21. The van der Waals surface area contributed by atoms with Gasteiger partial charge in [0.05, 0.1) is 12.8 Å². The standard InChI is InChI=1S/C21H24F2N2O4S/c1-15(26)16-5-8-18(9-6-16)29-13-3-12-25-11-2-4-21(25)24-30(27,28)20-10-7-17(22)14-19(20)23/h5-10,14,21,24H,2-4,11-13H2,1H3. The molecule has 0 radical (unpaired) electrons. The molecule has 0 saturated carbocycles. The first-order valence-electron chi connectivity index (χ1n) is 9.71. The van der Waals surface area contributed by atoms with Gasteiger partial charge in [0.2, 0.25) is 10.0 Å². The number of nitrogens with zero attached hydrogens (tertiary/aromatic N) is 1. The molecule has 1 heterocycles. The second kappa shape index (κ2) is 9.63. The largest absolute Gasteiger partial charge is 0.494 e. The van der Waals surface area contributed by atoms with E-state index in [1.54, 1.807) is 24.3 Å². The van der Waals surface area contributed by atoms with Gasteiger partial charge in [-0.1, -0.05) is 0 Å². The van der Waals surface area contributed by atoms with Gasteiger partial charge in [-0.05, 0) is 69.1 Å². The Kier molecular flexibility index (Phi) is 7.17. The van der Waals surface area contributed by atoms with Crippen molar-refractivity contribution in [2.24, 2.45) is 0 Å². The van der Waals surface area contributed by atoms with Gasteiger partial charge in [-0.25, -0.2) is 17.2 Å². The summed E-state index contributed by atoms with van der Waals surface area (Å²) < 4.78 is 60.2. The summed E-state index contributed by atoms with van der Waals surface area (Å²) in [5.41, 5.74) is 0.618. The van der Waals surface area contributed by atoms with Crippen molar-refractivity contribution in [3.8, 4) is 5.75 Å². The number of carbonyl (C=O) groups is 1. The normalized spacial score (nSPS) is 17.2. The summed E-state index contributed by atoms with van der Waals surface area (Å²) in [7, 11) is -4.10. The molecule has 1 fully saturated rings. The van der Waals surface area contributed by atoms with Gasteiger partial charge in [0.15, 0.2) is 5.78 Å². The minimum absolute atomic E-state index is 0.00963. The molecule has 0 aliphatic carbocycles. The second-order valence-corrected chi connectivity index (χ2v) is 8.86. The number of Topliss-reactive ketones (excluding diaryl/α,β-unsaturated/α-hetero) is 1. The predicted octanol–water partition coefficient (Wildman–Crippen LogP) is 3.34. The third kappa shape index (κ3) is 5.62. The van der Waals surface area contributed by atoms with Crippen molar-refractivity contribution in [2.75, 3.05) is 19.7 Å². The smallest absolute Gasteiger partial charge is 0.244 e. The highest BCUT2D eigenvalue weighted by atomic mass is 32.2. The van der Waals surface area contributed by atoms with Crippen molar-refractivity contribution in [3.05, 3.63) is 59.7 Å². The van der Waals surface area contributed by atoms with Gasteiger partial charge in [0, 0.05) is 18.2 Å². The van der Waals surface area contributed by atoms with E-state index in [2.05, 4.69) is 4.72 Å². The number of nitrogens with one attached hydrogen (secondary N) is 1. The summed E-state index contributed by atoms with van der Waals surface area (Å²) in [6, 6.07) is 9.29. The van der Waals surface area contributed by atoms with E-state index in [0.717, 1.165) is 18.6 Å². The fourth-order valence-electron chi connectivity index (χ4n) is 3.41. The molecule has 0 aromatic heterocycles. The number of likely N-dealkylation sites (tertiary alicyclic amines) is 1. The lowest BCUT2D eigenvalue weighted by Gasteiger charge is -2.25. The van der Waals surface area contributed by atoms with E-state index in [1.165, 1.54) is 6.92 Å². The molecule has 30 heavy (non-hydrogen) atoms. The number of hydrogen-bond donors (Lipinski definition) is 1. The van der Waals surface area contributed by atoms with Crippen molar-refractivity contribution in [1.82, 2.24) is 9.62 Å². The van der Waals surface area contributed by atoms with Crippen molar-refractivity contribution in [1.29, 1.82) is 0 Å². The average Bonchev–Trinajstić information content (AvgIpc) is 3.11. The molecular weight excluding hydrogens is 414 g/mol. The number of rotatable bonds is 9. The van der Waals surface area contributed by atoms with E-state index in [-0.39, 0.29) is 5.78 Å². The molecule has 0 amide bonds. The number of sulfonamides is 1. The first-order valence-corrected chi connectivity index (χ1v) is 11.2. The first kappa shape index (κ1) is 22.3. The molecule has 0 bridgehead atoms. The van der Waals surface area contributed by atoms with Crippen LogP contribution in [0.4, 0.5) is 8.78 Å². The Morgan fingerprint density at radius 2 is 1.93 bits per heavy atom.